The van der Waals surface area contributed by atoms with Gasteiger partial charge in [0.05, 0.1) is 31.7 Å². The van der Waals surface area contributed by atoms with Gasteiger partial charge in [0.25, 0.3) is 0 Å². The minimum atomic E-state index is -3.15. The van der Waals surface area contributed by atoms with Crippen LogP contribution >= 0.6 is 0 Å². The van der Waals surface area contributed by atoms with Crippen molar-refractivity contribution in [2.75, 3.05) is 38.7 Å². The average molecular weight is 237 g/mol. The lowest BCUT2D eigenvalue weighted by atomic mass is 10.5. The molecule has 0 radical (unpaired) electrons. The van der Waals surface area contributed by atoms with Gasteiger partial charge in [0.15, 0.2) is 0 Å². The van der Waals surface area contributed by atoms with Crippen LogP contribution in [0, 0.1) is 0 Å². The van der Waals surface area contributed by atoms with Gasteiger partial charge in [-0.15, -0.1) is 0 Å². The molecule has 1 aliphatic rings. The number of ether oxygens (including phenoxy) is 2. The summed E-state index contributed by atoms with van der Waals surface area (Å²) in [5, 5.41) is 0. The zero-order chi connectivity index (χ0) is 11.3. The highest BCUT2D eigenvalue weighted by molar-refractivity contribution is 7.89. The van der Waals surface area contributed by atoms with Crippen LogP contribution in [-0.2, 0) is 19.5 Å². The second kappa shape index (κ2) is 5.79. The molecule has 1 fully saturated rings. The lowest BCUT2D eigenvalue weighted by Gasteiger charge is -2.26. The quantitative estimate of drug-likeness (QED) is 0.679. The second-order valence-corrected chi connectivity index (χ2v) is 5.84. The molecular formula is C9H19NO4S. The first kappa shape index (κ1) is 12.9. The van der Waals surface area contributed by atoms with E-state index in [2.05, 4.69) is 0 Å². The highest BCUT2D eigenvalue weighted by Crippen LogP contribution is 2.05. The summed E-state index contributed by atoms with van der Waals surface area (Å²) in [7, 11) is -3.15. The summed E-state index contributed by atoms with van der Waals surface area (Å²) in [6.07, 6.45) is 0.0740. The van der Waals surface area contributed by atoms with Crippen molar-refractivity contribution in [1.29, 1.82) is 0 Å². The fourth-order valence-electron chi connectivity index (χ4n) is 1.34. The van der Waals surface area contributed by atoms with Crippen LogP contribution in [0.2, 0.25) is 0 Å². The van der Waals surface area contributed by atoms with Crippen molar-refractivity contribution >= 4 is 10.0 Å². The SMILES string of the molecule is CC(C)OCCS(=O)(=O)N1CCOCC1. The Morgan fingerprint density at radius 1 is 1.33 bits per heavy atom. The number of morpholine rings is 1. The maximum atomic E-state index is 11.8. The third kappa shape index (κ3) is 4.46. The van der Waals surface area contributed by atoms with Gasteiger partial charge in [-0.05, 0) is 13.8 Å². The molecule has 90 valence electrons. The molecule has 1 heterocycles. The molecule has 1 saturated heterocycles. The van der Waals surface area contributed by atoms with E-state index in [-0.39, 0.29) is 18.5 Å². The Morgan fingerprint density at radius 2 is 1.93 bits per heavy atom. The van der Waals surface area contributed by atoms with Gasteiger partial charge in [0.1, 0.15) is 0 Å². The summed E-state index contributed by atoms with van der Waals surface area (Å²) in [6.45, 7) is 5.95. The van der Waals surface area contributed by atoms with Crippen molar-refractivity contribution in [2.24, 2.45) is 0 Å². The van der Waals surface area contributed by atoms with E-state index in [0.29, 0.717) is 26.3 Å². The lowest BCUT2D eigenvalue weighted by Crippen LogP contribution is -2.42. The molecule has 0 aromatic rings. The maximum Gasteiger partial charge on any atom is 0.216 e. The molecule has 0 amide bonds. The van der Waals surface area contributed by atoms with Crippen molar-refractivity contribution in [3.05, 3.63) is 0 Å². The number of hydrogen-bond acceptors (Lipinski definition) is 4. The van der Waals surface area contributed by atoms with Gasteiger partial charge in [0, 0.05) is 13.1 Å². The monoisotopic (exact) mass is 237 g/mol. The van der Waals surface area contributed by atoms with Gasteiger partial charge in [-0.3, -0.25) is 0 Å². The molecule has 6 heteroatoms. The van der Waals surface area contributed by atoms with Gasteiger partial charge < -0.3 is 9.47 Å². The van der Waals surface area contributed by atoms with Crippen LogP contribution in [0.25, 0.3) is 0 Å². The van der Waals surface area contributed by atoms with E-state index < -0.39 is 10.0 Å². The van der Waals surface area contributed by atoms with E-state index in [0.717, 1.165) is 0 Å². The molecule has 0 saturated carbocycles. The highest BCUT2D eigenvalue weighted by atomic mass is 32.2. The maximum absolute atomic E-state index is 11.8. The molecule has 0 N–H and O–H groups in total. The van der Waals surface area contributed by atoms with Crippen LogP contribution < -0.4 is 0 Å². The Balaban J connectivity index is 2.36. The zero-order valence-electron chi connectivity index (χ0n) is 9.31. The molecule has 1 rings (SSSR count). The van der Waals surface area contributed by atoms with Gasteiger partial charge in [0.2, 0.25) is 10.0 Å². The zero-order valence-corrected chi connectivity index (χ0v) is 10.1. The standard InChI is InChI=1S/C9H19NO4S/c1-9(2)14-7-8-15(11,12)10-3-5-13-6-4-10/h9H,3-8H2,1-2H3. The Morgan fingerprint density at radius 3 is 2.47 bits per heavy atom. The molecule has 1 aliphatic heterocycles. The Bertz CT molecular complexity index is 270. The summed E-state index contributed by atoms with van der Waals surface area (Å²) in [4.78, 5) is 0. The first-order valence-corrected chi connectivity index (χ1v) is 6.80. The molecule has 0 aromatic carbocycles. The molecular weight excluding hydrogens is 218 g/mol. The molecule has 5 nitrogen and oxygen atoms in total. The minimum Gasteiger partial charge on any atom is -0.379 e. The third-order valence-corrected chi connectivity index (χ3v) is 3.99. The molecule has 0 atom stereocenters. The number of sulfonamides is 1. The summed E-state index contributed by atoms with van der Waals surface area (Å²) in [5.74, 6) is 0.0607. The van der Waals surface area contributed by atoms with Crippen LogP contribution in [0.5, 0.6) is 0 Å². The van der Waals surface area contributed by atoms with Crippen molar-refractivity contribution in [1.82, 2.24) is 4.31 Å². The van der Waals surface area contributed by atoms with E-state index in [1.165, 1.54) is 4.31 Å². The normalized spacial score (nSPS) is 19.7. The van der Waals surface area contributed by atoms with E-state index in [9.17, 15) is 8.42 Å². The van der Waals surface area contributed by atoms with Gasteiger partial charge in [-0.2, -0.15) is 4.31 Å². The van der Waals surface area contributed by atoms with Gasteiger partial charge in [-0.25, -0.2) is 8.42 Å². The third-order valence-electron chi connectivity index (χ3n) is 2.16. The van der Waals surface area contributed by atoms with Gasteiger partial charge in [-0.1, -0.05) is 0 Å². The Labute approximate surface area is 91.4 Å². The van der Waals surface area contributed by atoms with Crippen LogP contribution in [0.4, 0.5) is 0 Å². The minimum absolute atomic E-state index is 0.0607. The van der Waals surface area contributed by atoms with E-state index in [1.54, 1.807) is 0 Å². The Kier molecular flexibility index (Phi) is 4.98. The largest absolute Gasteiger partial charge is 0.379 e. The fraction of sp³-hybridized carbons (Fsp3) is 1.00. The summed E-state index contributed by atoms with van der Waals surface area (Å²) in [5.41, 5.74) is 0. The van der Waals surface area contributed by atoms with Crippen LogP contribution in [-0.4, -0.2) is 57.5 Å². The van der Waals surface area contributed by atoms with Crippen molar-refractivity contribution in [2.45, 2.75) is 20.0 Å². The van der Waals surface area contributed by atoms with E-state index in [4.69, 9.17) is 9.47 Å². The van der Waals surface area contributed by atoms with E-state index >= 15 is 0 Å². The molecule has 0 spiro atoms. The molecule has 0 aliphatic carbocycles. The Hall–Kier alpha value is -0.170. The first-order chi connectivity index (χ1) is 7.02. The fourth-order valence-corrected chi connectivity index (χ4v) is 2.61. The predicted octanol–water partition coefficient (Wildman–Crippen LogP) is 0.0734. The lowest BCUT2D eigenvalue weighted by molar-refractivity contribution is 0.0704. The molecule has 0 aromatic heterocycles. The number of rotatable bonds is 5. The topological polar surface area (TPSA) is 55.8 Å². The van der Waals surface area contributed by atoms with Crippen molar-refractivity contribution in [3.63, 3.8) is 0 Å². The summed E-state index contributed by atoms with van der Waals surface area (Å²) < 4.78 is 35.3. The number of hydrogen-bond donors (Lipinski definition) is 0. The molecule has 0 bridgehead atoms. The van der Waals surface area contributed by atoms with Crippen molar-refractivity contribution < 1.29 is 17.9 Å². The average Bonchev–Trinajstić information content (AvgIpc) is 2.18. The van der Waals surface area contributed by atoms with Crippen LogP contribution in [0.1, 0.15) is 13.8 Å². The molecule has 15 heavy (non-hydrogen) atoms. The van der Waals surface area contributed by atoms with Crippen LogP contribution in [0.15, 0.2) is 0 Å². The second-order valence-electron chi connectivity index (χ2n) is 3.75. The highest BCUT2D eigenvalue weighted by Gasteiger charge is 2.23. The number of nitrogens with zero attached hydrogens (tertiary/aromatic N) is 1. The smallest absolute Gasteiger partial charge is 0.216 e. The van der Waals surface area contributed by atoms with Crippen LogP contribution in [0.3, 0.4) is 0 Å². The summed E-state index contributed by atoms with van der Waals surface area (Å²) in [6, 6.07) is 0. The van der Waals surface area contributed by atoms with Crippen molar-refractivity contribution in [3.8, 4) is 0 Å². The van der Waals surface area contributed by atoms with E-state index in [1.807, 2.05) is 13.8 Å². The van der Waals surface area contributed by atoms with Gasteiger partial charge >= 0.3 is 0 Å². The first-order valence-electron chi connectivity index (χ1n) is 5.19. The summed E-state index contributed by atoms with van der Waals surface area (Å²) >= 11 is 0. The predicted molar refractivity (Wildman–Crippen MR) is 57.3 cm³/mol. The molecule has 0 unspecified atom stereocenters.